The SMILES string of the molecule is CC1CN(c2ccccc2[N+](=O)[O-])CCN1.[Cl-]. The summed E-state index contributed by atoms with van der Waals surface area (Å²) in [5.41, 5.74) is 0.914. The topological polar surface area (TPSA) is 58.4 Å². The maximum absolute atomic E-state index is 10.9. The second-order valence-electron chi connectivity index (χ2n) is 4.05. The highest BCUT2D eigenvalue weighted by molar-refractivity contribution is 5.63. The molecule has 0 radical (unpaired) electrons. The lowest BCUT2D eigenvalue weighted by Gasteiger charge is -2.33. The first kappa shape index (κ1) is 13.7. The fourth-order valence-electron chi connectivity index (χ4n) is 2.04. The average Bonchev–Trinajstić information content (AvgIpc) is 2.29. The highest BCUT2D eigenvalue weighted by Gasteiger charge is 2.22. The second-order valence-corrected chi connectivity index (χ2v) is 4.05. The quantitative estimate of drug-likeness (QED) is 0.511. The molecule has 5 nitrogen and oxygen atoms in total. The lowest BCUT2D eigenvalue weighted by molar-refractivity contribution is -0.384. The van der Waals surface area contributed by atoms with Crippen LogP contribution in [0.3, 0.4) is 0 Å². The van der Waals surface area contributed by atoms with Crippen molar-refractivity contribution >= 4 is 11.4 Å². The van der Waals surface area contributed by atoms with Crippen molar-refractivity contribution in [3.05, 3.63) is 34.4 Å². The molecular weight excluding hydrogens is 242 g/mol. The molecule has 17 heavy (non-hydrogen) atoms. The molecule has 1 aromatic carbocycles. The van der Waals surface area contributed by atoms with Crippen molar-refractivity contribution in [3.63, 3.8) is 0 Å². The van der Waals surface area contributed by atoms with Crippen molar-refractivity contribution in [2.24, 2.45) is 0 Å². The monoisotopic (exact) mass is 256 g/mol. The Bertz CT molecular complexity index is 400. The molecule has 0 spiro atoms. The van der Waals surface area contributed by atoms with Gasteiger partial charge in [-0.25, -0.2) is 0 Å². The lowest BCUT2D eigenvalue weighted by atomic mass is 10.2. The van der Waals surface area contributed by atoms with Gasteiger partial charge in [-0.3, -0.25) is 10.1 Å². The van der Waals surface area contributed by atoms with E-state index in [0.29, 0.717) is 6.04 Å². The third-order valence-electron chi connectivity index (χ3n) is 2.79. The summed E-state index contributed by atoms with van der Waals surface area (Å²) in [6.45, 7) is 4.58. The highest BCUT2D eigenvalue weighted by Crippen LogP contribution is 2.28. The van der Waals surface area contributed by atoms with Crippen molar-refractivity contribution < 1.29 is 17.3 Å². The van der Waals surface area contributed by atoms with Gasteiger partial charge in [0.25, 0.3) is 5.69 Å². The van der Waals surface area contributed by atoms with Gasteiger partial charge in [-0.05, 0) is 13.0 Å². The Morgan fingerprint density at radius 1 is 1.47 bits per heavy atom. The van der Waals surface area contributed by atoms with Crippen LogP contribution in [0.15, 0.2) is 24.3 Å². The lowest BCUT2D eigenvalue weighted by Crippen LogP contribution is -3.00. The summed E-state index contributed by atoms with van der Waals surface area (Å²) in [4.78, 5) is 12.7. The largest absolute Gasteiger partial charge is 1.00 e. The van der Waals surface area contributed by atoms with E-state index in [0.717, 1.165) is 25.3 Å². The van der Waals surface area contributed by atoms with E-state index in [1.807, 2.05) is 12.1 Å². The van der Waals surface area contributed by atoms with E-state index in [1.165, 1.54) is 0 Å². The number of nitrogens with zero attached hydrogens (tertiary/aromatic N) is 2. The van der Waals surface area contributed by atoms with Gasteiger partial charge in [0.1, 0.15) is 5.69 Å². The summed E-state index contributed by atoms with van der Waals surface area (Å²) in [6, 6.07) is 7.29. The van der Waals surface area contributed by atoms with E-state index in [-0.39, 0.29) is 23.0 Å². The van der Waals surface area contributed by atoms with Crippen LogP contribution in [-0.2, 0) is 0 Å². The molecule has 6 heteroatoms. The molecule has 94 valence electrons. The first-order valence-corrected chi connectivity index (χ1v) is 5.40. The van der Waals surface area contributed by atoms with Crippen LogP contribution in [0.5, 0.6) is 0 Å². The Balaban J connectivity index is 0.00000144. The Labute approximate surface area is 106 Å². The third kappa shape index (κ3) is 3.08. The molecule has 1 unspecified atom stereocenters. The van der Waals surface area contributed by atoms with E-state index in [1.54, 1.807) is 12.1 Å². The number of piperazine rings is 1. The van der Waals surface area contributed by atoms with Crippen LogP contribution in [0.1, 0.15) is 6.92 Å². The van der Waals surface area contributed by atoms with E-state index >= 15 is 0 Å². The van der Waals surface area contributed by atoms with Gasteiger partial charge in [0, 0.05) is 31.7 Å². The minimum atomic E-state index is -0.317. The zero-order chi connectivity index (χ0) is 11.5. The Hall–Kier alpha value is -1.33. The number of rotatable bonds is 2. The van der Waals surface area contributed by atoms with Gasteiger partial charge in [0.2, 0.25) is 0 Å². The Morgan fingerprint density at radius 2 is 2.18 bits per heavy atom. The van der Waals surface area contributed by atoms with Crippen molar-refractivity contribution in [1.82, 2.24) is 5.32 Å². The maximum Gasteiger partial charge on any atom is 0.292 e. The number of hydrogen-bond donors (Lipinski definition) is 1. The van der Waals surface area contributed by atoms with Gasteiger partial charge >= 0.3 is 0 Å². The van der Waals surface area contributed by atoms with Gasteiger partial charge in [0.15, 0.2) is 0 Å². The third-order valence-corrected chi connectivity index (χ3v) is 2.79. The molecule has 0 saturated carbocycles. The standard InChI is InChI=1S/C11H15N3O2.ClH/c1-9-8-13(7-6-12-9)10-4-2-3-5-11(10)14(15)16;/h2-5,9,12H,6-8H2,1H3;1H/p-1. The zero-order valence-corrected chi connectivity index (χ0v) is 10.4. The summed E-state index contributed by atoms with van der Waals surface area (Å²) >= 11 is 0. The number of anilines is 1. The maximum atomic E-state index is 10.9. The van der Waals surface area contributed by atoms with Gasteiger partial charge in [-0.1, -0.05) is 12.1 Å². The number of nitrogens with one attached hydrogen (secondary N) is 1. The predicted octanol–water partition coefficient (Wildman–Crippen LogP) is -1.60. The highest BCUT2D eigenvalue weighted by atomic mass is 35.5. The number of halogens is 1. The fraction of sp³-hybridized carbons (Fsp3) is 0.455. The van der Waals surface area contributed by atoms with Gasteiger partial charge in [0.05, 0.1) is 4.92 Å². The molecule has 1 aliphatic rings. The van der Waals surface area contributed by atoms with Crippen LogP contribution >= 0.6 is 0 Å². The van der Waals surface area contributed by atoms with Crippen LogP contribution in [0.25, 0.3) is 0 Å². The summed E-state index contributed by atoms with van der Waals surface area (Å²) < 4.78 is 0. The first-order chi connectivity index (χ1) is 7.68. The summed E-state index contributed by atoms with van der Waals surface area (Å²) in [7, 11) is 0. The average molecular weight is 257 g/mol. The smallest absolute Gasteiger partial charge is 0.292 e. The van der Waals surface area contributed by atoms with Crippen molar-refractivity contribution in [2.45, 2.75) is 13.0 Å². The number of nitro benzene ring substituents is 1. The number of nitro groups is 1. The minimum absolute atomic E-state index is 0. The van der Waals surface area contributed by atoms with Gasteiger partial charge in [-0.15, -0.1) is 0 Å². The Kier molecular flexibility index (Phi) is 4.72. The number of benzene rings is 1. The molecule has 1 N–H and O–H groups in total. The minimum Gasteiger partial charge on any atom is -1.00 e. The predicted molar refractivity (Wildman–Crippen MR) is 62.8 cm³/mol. The molecule has 1 fully saturated rings. The summed E-state index contributed by atoms with van der Waals surface area (Å²) in [5, 5.41) is 14.2. The summed E-state index contributed by atoms with van der Waals surface area (Å²) in [5.74, 6) is 0. The first-order valence-electron chi connectivity index (χ1n) is 5.40. The van der Waals surface area contributed by atoms with E-state index in [2.05, 4.69) is 17.1 Å². The molecule has 2 rings (SSSR count). The molecule has 0 bridgehead atoms. The second kappa shape index (κ2) is 5.84. The molecule has 0 amide bonds. The van der Waals surface area contributed by atoms with Crippen molar-refractivity contribution in [3.8, 4) is 0 Å². The summed E-state index contributed by atoms with van der Waals surface area (Å²) in [6.07, 6.45) is 0. The molecule has 1 aromatic rings. The van der Waals surface area contributed by atoms with E-state index < -0.39 is 0 Å². The van der Waals surface area contributed by atoms with E-state index in [9.17, 15) is 10.1 Å². The molecule has 1 saturated heterocycles. The van der Waals surface area contributed by atoms with Crippen molar-refractivity contribution in [2.75, 3.05) is 24.5 Å². The molecule has 0 aliphatic carbocycles. The van der Waals surface area contributed by atoms with Crippen LogP contribution < -0.4 is 22.6 Å². The molecule has 1 atom stereocenters. The van der Waals surface area contributed by atoms with Crippen LogP contribution in [0, 0.1) is 10.1 Å². The Morgan fingerprint density at radius 3 is 2.82 bits per heavy atom. The fourth-order valence-corrected chi connectivity index (χ4v) is 2.04. The number of para-hydroxylation sites is 2. The van der Waals surface area contributed by atoms with Crippen LogP contribution in [0.4, 0.5) is 11.4 Å². The van der Waals surface area contributed by atoms with Gasteiger partial charge in [-0.2, -0.15) is 0 Å². The molecular formula is C11H15ClN3O2-. The van der Waals surface area contributed by atoms with Crippen LogP contribution in [-0.4, -0.2) is 30.6 Å². The molecule has 0 aromatic heterocycles. The van der Waals surface area contributed by atoms with E-state index in [4.69, 9.17) is 0 Å². The van der Waals surface area contributed by atoms with Crippen molar-refractivity contribution in [1.29, 1.82) is 0 Å². The normalized spacial score (nSPS) is 19.6. The van der Waals surface area contributed by atoms with Crippen LogP contribution in [0.2, 0.25) is 0 Å². The van der Waals surface area contributed by atoms with Gasteiger partial charge < -0.3 is 22.6 Å². The zero-order valence-electron chi connectivity index (χ0n) is 9.60. The molecule has 1 heterocycles. The molecule has 1 aliphatic heterocycles. The number of hydrogen-bond acceptors (Lipinski definition) is 4.